The number of aliphatic hydroxyl groups excluding tert-OH is 1. The molecule has 1 heterocycles. The van der Waals surface area contributed by atoms with Crippen molar-refractivity contribution in [2.45, 2.75) is 12.5 Å². The highest BCUT2D eigenvalue weighted by molar-refractivity contribution is 6.30. The van der Waals surface area contributed by atoms with E-state index in [0.717, 1.165) is 0 Å². The molecule has 1 amide bonds. The molecule has 0 saturated heterocycles. The zero-order chi connectivity index (χ0) is 15.7. The van der Waals surface area contributed by atoms with Crippen LogP contribution in [0.3, 0.4) is 0 Å². The first-order valence-electron chi connectivity index (χ1n) is 7.04. The third-order valence-corrected chi connectivity index (χ3v) is 4.08. The van der Waals surface area contributed by atoms with Crippen molar-refractivity contribution in [3.8, 4) is 5.75 Å². The van der Waals surface area contributed by atoms with Crippen molar-refractivity contribution >= 4 is 23.2 Å². The zero-order valence-corrected chi connectivity index (χ0v) is 12.9. The van der Waals surface area contributed by atoms with Crippen molar-refractivity contribution in [2.75, 3.05) is 18.6 Å². The number of para-hydroxylation sites is 1. The Bertz CT molecular complexity index is 717. The number of hydrogen-bond acceptors (Lipinski definition) is 3. The van der Waals surface area contributed by atoms with E-state index in [1.807, 2.05) is 6.07 Å². The summed E-state index contributed by atoms with van der Waals surface area (Å²) in [6, 6.07) is 12.3. The summed E-state index contributed by atoms with van der Waals surface area (Å²) in [6.07, 6.45) is -0.121. The number of nitrogens with zero attached hydrogens (tertiary/aromatic N) is 1. The Hall–Kier alpha value is -2.04. The Labute approximate surface area is 133 Å². The van der Waals surface area contributed by atoms with Crippen LogP contribution in [-0.2, 0) is 0 Å². The molecule has 0 spiro atoms. The lowest BCUT2D eigenvalue weighted by Crippen LogP contribution is -2.36. The monoisotopic (exact) mass is 317 g/mol. The highest BCUT2D eigenvalue weighted by atomic mass is 35.5. The number of rotatable bonds is 2. The van der Waals surface area contributed by atoms with Gasteiger partial charge in [0.1, 0.15) is 5.75 Å². The molecule has 0 aliphatic carbocycles. The van der Waals surface area contributed by atoms with Crippen LogP contribution >= 0.6 is 11.6 Å². The van der Waals surface area contributed by atoms with Gasteiger partial charge in [0.25, 0.3) is 5.91 Å². The van der Waals surface area contributed by atoms with Crippen LogP contribution in [0.15, 0.2) is 42.5 Å². The van der Waals surface area contributed by atoms with E-state index < -0.39 is 6.10 Å². The number of aliphatic hydroxyl groups is 1. The molecule has 0 saturated carbocycles. The Balaban J connectivity index is 2.03. The molecule has 5 heteroatoms. The molecule has 1 aliphatic heterocycles. The van der Waals surface area contributed by atoms with E-state index in [1.54, 1.807) is 48.4 Å². The van der Waals surface area contributed by atoms with Crippen LogP contribution in [0.25, 0.3) is 0 Å². The lowest BCUT2D eigenvalue weighted by molar-refractivity contribution is 0.0967. The van der Waals surface area contributed by atoms with E-state index in [-0.39, 0.29) is 5.91 Å². The van der Waals surface area contributed by atoms with Crippen LogP contribution in [0.1, 0.15) is 28.4 Å². The maximum atomic E-state index is 12.9. The molecule has 2 aromatic carbocycles. The third kappa shape index (κ3) is 2.56. The van der Waals surface area contributed by atoms with E-state index in [9.17, 15) is 9.90 Å². The molecule has 1 unspecified atom stereocenters. The molecular weight excluding hydrogens is 302 g/mol. The zero-order valence-electron chi connectivity index (χ0n) is 12.1. The summed E-state index contributed by atoms with van der Waals surface area (Å²) in [5.74, 6) is 0.391. The van der Waals surface area contributed by atoms with Crippen LogP contribution in [0.4, 0.5) is 5.69 Å². The van der Waals surface area contributed by atoms with Crippen LogP contribution < -0.4 is 9.64 Å². The summed E-state index contributed by atoms with van der Waals surface area (Å²) < 4.78 is 5.27. The molecule has 22 heavy (non-hydrogen) atoms. The number of amides is 1. The average molecular weight is 318 g/mol. The minimum Gasteiger partial charge on any atom is -0.496 e. The summed E-state index contributed by atoms with van der Waals surface area (Å²) >= 11 is 6.00. The lowest BCUT2D eigenvalue weighted by atomic mass is 9.98. The molecule has 3 rings (SSSR count). The van der Waals surface area contributed by atoms with Gasteiger partial charge in [-0.3, -0.25) is 4.79 Å². The van der Waals surface area contributed by atoms with Gasteiger partial charge in [-0.05, 0) is 36.8 Å². The van der Waals surface area contributed by atoms with E-state index in [1.165, 1.54) is 0 Å². The summed E-state index contributed by atoms with van der Waals surface area (Å²) in [5, 5.41) is 10.7. The summed E-state index contributed by atoms with van der Waals surface area (Å²) in [7, 11) is 1.54. The molecule has 4 nitrogen and oxygen atoms in total. The van der Waals surface area contributed by atoms with Gasteiger partial charge in [-0.2, -0.15) is 0 Å². The number of halogens is 1. The Kier molecular flexibility index (Phi) is 4.05. The minimum absolute atomic E-state index is 0.145. The summed E-state index contributed by atoms with van der Waals surface area (Å²) in [4.78, 5) is 14.5. The highest BCUT2D eigenvalue weighted by Crippen LogP contribution is 2.37. The largest absolute Gasteiger partial charge is 0.496 e. The van der Waals surface area contributed by atoms with Gasteiger partial charge in [0.15, 0.2) is 0 Å². The molecular formula is C17H16ClNO3. The van der Waals surface area contributed by atoms with Crippen molar-refractivity contribution in [1.29, 1.82) is 0 Å². The smallest absolute Gasteiger partial charge is 0.262 e. The predicted octanol–water partition coefficient (Wildman–Crippen LogP) is 3.43. The second-order valence-electron chi connectivity index (χ2n) is 5.16. The normalized spacial score (nSPS) is 17.0. The van der Waals surface area contributed by atoms with Gasteiger partial charge >= 0.3 is 0 Å². The molecule has 1 atom stereocenters. The van der Waals surface area contributed by atoms with Crippen molar-refractivity contribution in [3.63, 3.8) is 0 Å². The van der Waals surface area contributed by atoms with Gasteiger partial charge in [-0.15, -0.1) is 0 Å². The van der Waals surface area contributed by atoms with E-state index >= 15 is 0 Å². The SMILES string of the molecule is COc1ccccc1C(=O)N1CCC(O)c2cc(Cl)ccc21. The van der Waals surface area contributed by atoms with Crippen LogP contribution in [-0.4, -0.2) is 24.7 Å². The number of hydrogen-bond donors (Lipinski definition) is 1. The molecule has 2 aromatic rings. The molecule has 0 aromatic heterocycles. The van der Waals surface area contributed by atoms with E-state index in [2.05, 4.69) is 0 Å². The van der Waals surface area contributed by atoms with E-state index in [4.69, 9.17) is 16.3 Å². The van der Waals surface area contributed by atoms with E-state index in [0.29, 0.717) is 40.6 Å². The average Bonchev–Trinajstić information content (AvgIpc) is 2.55. The fourth-order valence-electron chi connectivity index (χ4n) is 2.74. The van der Waals surface area contributed by atoms with Crippen LogP contribution in [0, 0.1) is 0 Å². The Morgan fingerprint density at radius 1 is 1.32 bits per heavy atom. The topological polar surface area (TPSA) is 49.8 Å². The van der Waals surface area contributed by atoms with Crippen molar-refractivity contribution in [1.82, 2.24) is 0 Å². The van der Waals surface area contributed by atoms with Gasteiger partial charge in [0, 0.05) is 22.8 Å². The fraction of sp³-hybridized carbons (Fsp3) is 0.235. The first-order valence-corrected chi connectivity index (χ1v) is 7.42. The van der Waals surface area contributed by atoms with Gasteiger partial charge in [-0.25, -0.2) is 0 Å². The number of benzene rings is 2. The fourth-order valence-corrected chi connectivity index (χ4v) is 2.92. The second-order valence-corrected chi connectivity index (χ2v) is 5.60. The number of anilines is 1. The first-order chi connectivity index (χ1) is 10.6. The van der Waals surface area contributed by atoms with Crippen molar-refractivity contribution < 1.29 is 14.6 Å². The number of ether oxygens (including phenoxy) is 1. The standard InChI is InChI=1S/C17H16ClNO3/c1-22-16-5-3-2-4-12(16)17(21)19-9-8-15(20)13-10-11(18)6-7-14(13)19/h2-7,10,15,20H,8-9H2,1H3. The van der Waals surface area contributed by atoms with Crippen LogP contribution in [0.2, 0.25) is 5.02 Å². The third-order valence-electron chi connectivity index (χ3n) is 3.85. The maximum Gasteiger partial charge on any atom is 0.262 e. The van der Waals surface area contributed by atoms with Crippen LogP contribution in [0.5, 0.6) is 5.75 Å². The van der Waals surface area contributed by atoms with Crippen molar-refractivity contribution in [2.24, 2.45) is 0 Å². The molecule has 0 fully saturated rings. The summed E-state index contributed by atoms with van der Waals surface area (Å²) in [5.41, 5.74) is 1.88. The van der Waals surface area contributed by atoms with Gasteiger partial charge in [0.2, 0.25) is 0 Å². The van der Waals surface area contributed by atoms with Gasteiger partial charge < -0.3 is 14.7 Å². The second kappa shape index (κ2) is 5.99. The molecule has 0 bridgehead atoms. The molecule has 1 aliphatic rings. The van der Waals surface area contributed by atoms with Gasteiger partial charge in [-0.1, -0.05) is 23.7 Å². The molecule has 1 N–H and O–H groups in total. The quantitative estimate of drug-likeness (QED) is 0.923. The predicted molar refractivity (Wildman–Crippen MR) is 85.7 cm³/mol. The summed E-state index contributed by atoms with van der Waals surface area (Å²) in [6.45, 7) is 0.451. The highest BCUT2D eigenvalue weighted by Gasteiger charge is 2.29. The Morgan fingerprint density at radius 3 is 2.86 bits per heavy atom. The molecule has 0 radical (unpaired) electrons. The number of carbonyl (C=O) groups excluding carboxylic acids is 1. The number of fused-ring (bicyclic) bond motifs is 1. The van der Waals surface area contributed by atoms with Gasteiger partial charge in [0.05, 0.1) is 18.8 Å². The van der Waals surface area contributed by atoms with Crippen molar-refractivity contribution in [3.05, 3.63) is 58.6 Å². The minimum atomic E-state index is -0.601. The first kappa shape index (κ1) is 14.9. The molecule has 114 valence electrons. The maximum absolute atomic E-state index is 12.9. The number of methoxy groups -OCH3 is 1. The number of carbonyl (C=O) groups is 1. The lowest BCUT2D eigenvalue weighted by Gasteiger charge is -2.32. The Morgan fingerprint density at radius 2 is 2.09 bits per heavy atom.